The van der Waals surface area contributed by atoms with E-state index in [9.17, 15) is 0 Å². The summed E-state index contributed by atoms with van der Waals surface area (Å²) in [7, 11) is 1.70. The third-order valence-corrected chi connectivity index (χ3v) is 4.51. The van der Waals surface area contributed by atoms with Gasteiger partial charge < -0.3 is 15.4 Å². The third-order valence-electron chi connectivity index (χ3n) is 4.51. The Morgan fingerprint density at radius 2 is 1.96 bits per heavy atom. The second kappa shape index (κ2) is 10.8. The maximum atomic E-state index is 5.30. The van der Waals surface area contributed by atoms with E-state index in [1.165, 1.54) is 24.8 Å². The Morgan fingerprint density at radius 1 is 1.24 bits per heavy atom. The van der Waals surface area contributed by atoms with Crippen LogP contribution in [0.3, 0.4) is 0 Å². The Balaban J connectivity index is 2.15. The fourth-order valence-electron chi connectivity index (χ4n) is 3.18. The van der Waals surface area contributed by atoms with Crippen LogP contribution in [0.2, 0.25) is 0 Å². The normalized spacial score (nSPS) is 17.0. The van der Waals surface area contributed by atoms with Crippen molar-refractivity contribution in [3.63, 3.8) is 0 Å². The molecule has 0 aliphatic carbocycles. The van der Waals surface area contributed by atoms with Gasteiger partial charge in [-0.2, -0.15) is 0 Å². The minimum Gasteiger partial charge on any atom is -0.497 e. The summed E-state index contributed by atoms with van der Waals surface area (Å²) in [5, 5.41) is 6.58. The van der Waals surface area contributed by atoms with E-state index in [0.29, 0.717) is 12.6 Å². The molecular formula is C20H32N4O. The molecule has 0 saturated carbocycles. The van der Waals surface area contributed by atoms with E-state index in [1.54, 1.807) is 7.11 Å². The van der Waals surface area contributed by atoms with E-state index < -0.39 is 0 Å². The molecule has 2 N–H and O–H groups in total. The number of rotatable bonds is 8. The van der Waals surface area contributed by atoms with Crippen LogP contribution in [-0.2, 0) is 0 Å². The van der Waals surface area contributed by atoms with E-state index in [0.717, 1.165) is 37.9 Å². The number of methoxy groups -OCH3 is 1. The molecule has 1 atom stereocenters. The second-order valence-electron chi connectivity index (χ2n) is 6.27. The number of guanidine groups is 1. The average molecular weight is 345 g/mol. The van der Waals surface area contributed by atoms with Gasteiger partial charge in [-0.1, -0.05) is 24.6 Å². The molecule has 0 spiro atoms. The molecule has 0 aromatic heterocycles. The van der Waals surface area contributed by atoms with Crippen LogP contribution in [0.25, 0.3) is 0 Å². The lowest BCUT2D eigenvalue weighted by atomic mass is 10.0. The number of nitrogens with one attached hydrogen (secondary N) is 2. The topological polar surface area (TPSA) is 48.9 Å². The van der Waals surface area contributed by atoms with Crippen molar-refractivity contribution in [2.45, 2.75) is 32.2 Å². The zero-order valence-corrected chi connectivity index (χ0v) is 15.6. The minimum atomic E-state index is 0.297. The molecule has 1 fully saturated rings. The number of hydrogen-bond donors (Lipinski definition) is 2. The van der Waals surface area contributed by atoms with Crippen molar-refractivity contribution in [2.24, 2.45) is 4.99 Å². The number of aliphatic imine (C=N–C) groups is 1. The fraction of sp³-hybridized carbons (Fsp3) is 0.550. The molecule has 1 aliphatic rings. The minimum absolute atomic E-state index is 0.297. The van der Waals surface area contributed by atoms with Gasteiger partial charge in [0.15, 0.2) is 5.96 Å². The maximum Gasteiger partial charge on any atom is 0.191 e. The van der Waals surface area contributed by atoms with Gasteiger partial charge in [-0.05, 0) is 50.6 Å². The van der Waals surface area contributed by atoms with E-state index in [-0.39, 0.29) is 0 Å². The summed E-state index contributed by atoms with van der Waals surface area (Å²) in [5.41, 5.74) is 1.30. The molecule has 5 nitrogen and oxygen atoms in total. The summed E-state index contributed by atoms with van der Waals surface area (Å²) >= 11 is 0. The van der Waals surface area contributed by atoms with E-state index in [4.69, 9.17) is 9.73 Å². The molecular weight excluding hydrogens is 312 g/mol. The molecule has 1 aliphatic heterocycles. The Bertz CT molecular complexity index is 535. The van der Waals surface area contributed by atoms with E-state index in [1.807, 2.05) is 18.2 Å². The fourth-order valence-corrected chi connectivity index (χ4v) is 3.18. The van der Waals surface area contributed by atoms with Gasteiger partial charge in [0.2, 0.25) is 0 Å². The first-order valence-electron chi connectivity index (χ1n) is 9.29. The molecule has 25 heavy (non-hydrogen) atoms. The molecule has 1 unspecified atom stereocenters. The van der Waals surface area contributed by atoms with E-state index in [2.05, 4.69) is 41.2 Å². The van der Waals surface area contributed by atoms with Crippen LogP contribution < -0.4 is 15.4 Å². The van der Waals surface area contributed by atoms with Gasteiger partial charge in [0.05, 0.1) is 19.7 Å². The number of hydrogen-bond acceptors (Lipinski definition) is 3. The first kappa shape index (κ1) is 19.3. The smallest absolute Gasteiger partial charge is 0.191 e. The molecule has 1 aromatic carbocycles. The Kier molecular flexibility index (Phi) is 8.32. The van der Waals surface area contributed by atoms with Gasteiger partial charge in [0, 0.05) is 13.1 Å². The third kappa shape index (κ3) is 6.09. The summed E-state index contributed by atoms with van der Waals surface area (Å²) in [6.07, 6.45) is 5.72. The molecule has 2 rings (SSSR count). The SMILES string of the molecule is C=CCNC(=NCC(c1ccc(OC)cc1)N1CCCCC1)NCC. The monoisotopic (exact) mass is 344 g/mol. The zero-order chi connectivity index (χ0) is 17.9. The molecule has 1 saturated heterocycles. The highest BCUT2D eigenvalue weighted by molar-refractivity contribution is 5.79. The number of likely N-dealkylation sites (tertiary alicyclic amines) is 1. The predicted molar refractivity (Wildman–Crippen MR) is 105 cm³/mol. The highest BCUT2D eigenvalue weighted by atomic mass is 16.5. The summed E-state index contributed by atoms with van der Waals surface area (Å²) < 4.78 is 5.30. The van der Waals surface area contributed by atoms with Crippen molar-refractivity contribution in [1.82, 2.24) is 15.5 Å². The number of ether oxygens (including phenoxy) is 1. The molecule has 0 bridgehead atoms. The van der Waals surface area contributed by atoms with Crippen molar-refractivity contribution >= 4 is 5.96 Å². The van der Waals surface area contributed by atoms with Crippen molar-refractivity contribution in [3.05, 3.63) is 42.5 Å². The van der Waals surface area contributed by atoms with Gasteiger partial charge in [-0.25, -0.2) is 0 Å². The molecule has 138 valence electrons. The maximum absolute atomic E-state index is 5.30. The zero-order valence-electron chi connectivity index (χ0n) is 15.6. The van der Waals surface area contributed by atoms with Gasteiger partial charge in [0.1, 0.15) is 5.75 Å². The van der Waals surface area contributed by atoms with Gasteiger partial charge in [-0.15, -0.1) is 6.58 Å². The lowest BCUT2D eigenvalue weighted by molar-refractivity contribution is 0.167. The predicted octanol–water partition coefficient (Wildman–Crippen LogP) is 2.96. The van der Waals surface area contributed by atoms with Crippen molar-refractivity contribution in [3.8, 4) is 5.75 Å². The Hall–Kier alpha value is -2.01. The summed E-state index contributed by atoms with van der Waals surface area (Å²) in [6.45, 7) is 10.4. The summed E-state index contributed by atoms with van der Waals surface area (Å²) in [6, 6.07) is 8.70. The molecule has 0 amide bonds. The van der Waals surface area contributed by atoms with E-state index >= 15 is 0 Å². The summed E-state index contributed by atoms with van der Waals surface area (Å²) in [5.74, 6) is 1.74. The molecule has 1 heterocycles. The standard InChI is InChI=1S/C20H32N4O/c1-4-13-22-20(21-5-2)23-16-19(24-14-7-6-8-15-24)17-9-11-18(25-3)12-10-17/h4,9-12,19H,1,5-8,13-16H2,2-3H3,(H2,21,22,23). The Labute approximate surface area is 152 Å². The quantitative estimate of drug-likeness (QED) is 0.432. The lowest BCUT2D eigenvalue weighted by Crippen LogP contribution is -2.39. The lowest BCUT2D eigenvalue weighted by Gasteiger charge is -2.34. The van der Waals surface area contributed by atoms with Crippen molar-refractivity contribution in [1.29, 1.82) is 0 Å². The van der Waals surface area contributed by atoms with Crippen LogP contribution in [0.4, 0.5) is 0 Å². The van der Waals surface area contributed by atoms with Crippen LogP contribution in [0, 0.1) is 0 Å². The number of nitrogens with zero attached hydrogens (tertiary/aromatic N) is 2. The Morgan fingerprint density at radius 3 is 2.56 bits per heavy atom. The van der Waals surface area contributed by atoms with Gasteiger partial charge >= 0.3 is 0 Å². The highest BCUT2D eigenvalue weighted by Crippen LogP contribution is 2.26. The van der Waals surface area contributed by atoms with Crippen LogP contribution in [0.5, 0.6) is 5.75 Å². The largest absolute Gasteiger partial charge is 0.497 e. The average Bonchev–Trinajstić information content (AvgIpc) is 2.67. The second-order valence-corrected chi connectivity index (χ2v) is 6.27. The van der Waals surface area contributed by atoms with Gasteiger partial charge in [-0.3, -0.25) is 9.89 Å². The van der Waals surface area contributed by atoms with Gasteiger partial charge in [0.25, 0.3) is 0 Å². The van der Waals surface area contributed by atoms with Crippen LogP contribution in [-0.4, -0.2) is 50.7 Å². The molecule has 0 radical (unpaired) electrons. The first-order chi connectivity index (χ1) is 12.3. The van der Waals surface area contributed by atoms with Crippen molar-refractivity contribution < 1.29 is 4.74 Å². The number of benzene rings is 1. The summed E-state index contributed by atoms with van der Waals surface area (Å²) in [4.78, 5) is 7.38. The van der Waals surface area contributed by atoms with Crippen LogP contribution in [0.15, 0.2) is 41.9 Å². The number of piperidine rings is 1. The van der Waals surface area contributed by atoms with Crippen LogP contribution >= 0.6 is 0 Å². The molecule has 5 heteroatoms. The van der Waals surface area contributed by atoms with Crippen LogP contribution in [0.1, 0.15) is 37.8 Å². The highest BCUT2D eigenvalue weighted by Gasteiger charge is 2.22. The molecule has 1 aromatic rings. The van der Waals surface area contributed by atoms with Crippen molar-refractivity contribution in [2.75, 3.05) is 39.8 Å². The first-order valence-corrected chi connectivity index (χ1v) is 9.29.